The van der Waals surface area contributed by atoms with E-state index in [1.54, 1.807) is 0 Å². The van der Waals surface area contributed by atoms with E-state index in [0.717, 1.165) is 37.2 Å². The predicted molar refractivity (Wildman–Crippen MR) is 183 cm³/mol. The lowest BCUT2D eigenvalue weighted by Gasteiger charge is -2.39. The van der Waals surface area contributed by atoms with Gasteiger partial charge in [-0.15, -0.1) is 0 Å². The SMILES string of the molecule is CC1(C)C2=CCCc3c2n(c2ncccc32)-c2ccc(-c3ccc4c(c3)c3cccc5c3n4C3=C(CCC=N3)C5(C)C)cc21. The zero-order valence-corrected chi connectivity index (χ0v) is 25.7. The summed E-state index contributed by atoms with van der Waals surface area (Å²) in [7, 11) is 0. The van der Waals surface area contributed by atoms with Crippen molar-refractivity contribution in [2.45, 2.75) is 64.2 Å². The highest BCUT2D eigenvalue weighted by molar-refractivity contribution is 6.13. The molecule has 3 aliphatic heterocycles. The normalized spacial score (nSPS) is 18.9. The van der Waals surface area contributed by atoms with E-state index in [1.807, 2.05) is 6.20 Å². The number of hydrogen-bond acceptors (Lipinski definition) is 2. The van der Waals surface area contributed by atoms with Crippen molar-refractivity contribution in [1.29, 1.82) is 0 Å². The highest BCUT2D eigenvalue weighted by atomic mass is 15.1. The number of para-hydroxylation sites is 1. The second-order valence-electron chi connectivity index (χ2n) is 14.1. The van der Waals surface area contributed by atoms with Crippen molar-refractivity contribution in [3.05, 3.63) is 107 Å². The summed E-state index contributed by atoms with van der Waals surface area (Å²) in [5, 5.41) is 3.90. The number of aliphatic imine (C=N–C) groups is 1. The van der Waals surface area contributed by atoms with Crippen molar-refractivity contribution < 1.29 is 0 Å². The van der Waals surface area contributed by atoms with Crippen LogP contribution >= 0.6 is 0 Å². The van der Waals surface area contributed by atoms with Crippen molar-refractivity contribution >= 4 is 50.4 Å². The minimum absolute atomic E-state index is 0.0338. The monoisotopic (exact) mass is 570 g/mol. The van der Waals surface area contributed by atoms with Crippen LogP contribution in [0.5, 0.6) is 0 Å². The molecule has 0 saturated carbocycles. The maximum Gasteiger partial charge on any atom is 0.145 e. The lowest BCUT2D eigenvalue weighted by molar-refractivity contribution is 0.585. The molecule has 4 aliphatic rings. The van der Waals surface area contributed by atoms with Gasteiger partial charge >= 0.3 is 0 Å². The summed E-state index contributed by atoms with van der Waals surface area (Å²) in [6.07, 6.45) is 10.7. The van der Waals surface area contributed by atoms with Crippen LogP contribution in [0.3, 0.4) is 0 Å². The minimum Gasteiger partial charge on any atom is -0.294 e. The number of nitrogens with zero attached hydrogens (tertiary/aromatic N) is 4. The Balaban J connectivity index is 1.21. The first-order chi connectivity index (χ1) is 21.4. The second kappa shape index (κ2) is 8.06. The van der Waals surface area contributed by atoms with Crippen LogP contribution in [0.25, 0.3) is 61.0 Å². The molecule has 0 unspecified atom stereocenters. The van der Waals surface area contributed by atoms with Crippen LogP contribution in [-0.4, -0.2) is 20.3 Å². The quantitative estimate of drug-likeness (QED) is 0.194. The van der Waals surface area contributed by atoms with Crippen LogP contribution in [0.4, 0.5) is 0 Å². The predicted octanol–water partition coefficient (Wildman–Crippen LogP) is 9.75. The smallest absolute Gasteiger partial charge is 0.145 e. The molecule has 44 heavy (non-hydrogen) atoms. The molecule has 1 aliphatic carbocycles. The molecule has 0 N–H and O–H groups in total. The number of rotatable bonds is 1. The molecular weight excluding hydrogens is 536 g/mol. The average molecular weight is 571 g/mol. The molecule has 0 bridgehead atoms. The molecule has 6 aromatic rings. The fraction of sp³-hybridized carbons (Fsp3) is 0.250. The fourth-order valence-electron chi connectivity index (χ4n) is 8.98. The second-order valence-corrected chi connectivity index (χ2v) is 14.1. The first kappa shape index (κ1) is 24.7. The average Bonchev–Trinajstić information content (AvgIpc) is 3.56. The Morgan fingerprint density at radius 1 is 0.727 bits per heavy atom. The summed E-state index contributed by atoms with van der Waals surface area (Å²) in [5.41, 5.74) is 15.7. The third-order valence-corrected chi connectivity index (χ3v) is 11.2. The van der Waals surface area contributed by atoms with Crippen LogP contribution in [-0.2, 0) is 17.3 Å². The summed E-state index contributed by atoms with van der Waals surface area (Å²) in [5.74, 6) is 1.13. The van der Waals surface area contributed by atoms with Crippen LogP contribution in [0.1, 0.15) is 69.3 Å². The van der Waals surface area contributed by atoms with Crippen molar-refractivity contribution in [2.75, 3.05) is 0 Å². The van der Waals surface area contributed by atoms with Crippen LogP contribution in [0.15, 0.2) is 89.6 Å². The number of aromatic nitrogens is 3. The maximum atomic E-state index is 5.00. The van der Waals surface area contributed by atoms with Crippen LogP contribution in [0, 0.1) is 0 Å². The van der Waals surface area contributed by atoms with Gasteiger partial charge in [-0.2, -0.15) is 0 Å². The first-order valence-electron chi connectivity index (χ1n) is 16.0. The van der Waals surface area contributed by atoms with Gasteiger partial charge in [-0.3, -0.25) is 9.13 Å². The Morgan fingerprint density at radius 2 is 1.57 bits per heavy atom. The summed E-state index contributed by atoms with van der Waals surface area (Å²) in [6, 6.07) is 25.3. The van der Waals surface area contributed by atoms with Gasteiger partial charge in [0.15, 0.2) is 0 Å². The molecule has 0 spiro atoms. The molecule has 214 valence electrons. The van der Waals surface area contributed by atoms with E-state index in [0.29, 0.717) is 0 Å². The molecule has 6 heterocycles. The minimum atomic E-state index is -0.105. The van der Waals surface area contributed by atoms with Crippen molar-refractivity contribution in [3.8, 4) is 16.8 Å². The lowest BCUT2D eigenvalue weighted by atomic mass is 9.70. The summed E-state index contributed by atoms with van der Waals surface area (Å²) in [6.45, 7) is 9.55. The van der Waals surface area contributed by atoms with Crippen LogP contribution < -0.4 is 0 Å². The van der Waals surface area contributed by atoms with E-state index in [9.17, 15) is 0 Å². The van der Waals surface area contributed by atoms with Gasteiger partial charge in [0.2, 0.25) is 0 Å². The van der Waals surface area contributed by atoms with Gasteiger partial charge in [0.05, 0.1) is 22.4 Å². The van der Waals surface area contributed by atoms with Gasteiger partial charge in [0, 0.05) is 39.4 Å². The van der Waals surface area contributed by atoms with E-state index in [2.05, 4.69) is 116 Å². The number of fused-ring (bicyclic) bond motifs is 9. The van der Waals surface area contributed by atoms with Crippen molar-refractivity contribution in [2.24, 2.45) is 4.99 Å². The third kappa shape index (κ3) is 2.85. The topological polar surface area (TPSA) is 35.1 Å². The van der Waals surface area contributed by atoms with E-state index in [1.165, 1.54) is 77.5 Å². The van der Waals surface area contributed by atoms with Gasteiger partial charge in [0.1, 0.15) is 11.5 Å². The summed E-state index contributed by atoms with van der Waals surface area (Å²) >= 11 is 0. The van der Waals surface area contributed by atoms with E-state index < -0.39 is 0 Å². The Labute approximate surface area is 257 Å². The van der Waals surface area contributed by atoms with Crippen molar-refractivity contribution in [3.63, 3.8) is 0 Å². The van der Waals surface area contributed by atoms with Gasteiger partial charge in [0.25, 0.3) is 0 Å². The molecule has 0 atom stereocenters. The highest BCUT2D eigenvalue weighted by Gasteiger charge is 2.41. The molecule has 10 rings (SSSR count). The third-order valence-electron chi connectivity index (χ3n) is 11.2. The number of aryl methyl sites for hydroxylation is 1. The summed E-state index contributed by atoms with van der Waals surface area (Å²) < 4.78 is 4.88. The maximum absolute atomic E-state index is 5.00. The fourth-order valence-corrected chi connectivity index (χ4v) is 8.98. The summed E-state index contributed by atoms with van der Waals surface area (Å²) in [4.78, 5) is 9.90. The standard InChI is InChI=1S/C40H34N4/c1-39(2)29-12-6-10-26-28-21-23(15-17-33(28)43(36(26)29)38-31(39)14-8-20-42-38)24-16-18-34-32(22-24)40(3,4)30-13-5-9-25-27-11-7-19-41-37(27)44(34)35(25)30/h6-7,10-13,15-22H,5,8-9,14H2,1-4H3. The number of benzene rings is 3. The molecule has 0 amide bonds. The molecule has 0 fully saturated rings. The highest BCUT2D eigenvalue weighted by Crippen LogP contribution is 2.53. The van der Waals surface area contributed by atoms with E-state index in [4.69, 9.17) is 9.98 Å². The lowest BCUT2D eigenvalue weighted by Crippen LogP contribution is -2.29. The van der Waals surface area contributed by atoms with E-state index >= 15 is 0 Å². The number of allylic oxidation sites excluding steroid dienone is 3. The molecular formula is C40H34N4. The van der Waals surface area contributed by atoms with E-state index in [-0.39, 0.29) is 10.8 Å². The first-order valence-corrected chi connectivity index (χ1v) is 16.0. The largest absolute Gasteiger partial charge is 0.294 e. The van der Waals surface area contributed by atoms with Crippen molar-refractivity contribution in [1.82, 2.24) is 14.1 Å². The van der Waals surface area contributed by atoms with Gasteiger partial charge in [-0.25, -0.2) is 9.98 Å². The molecule has 3 aromatic carbocycles. The molecule has 4 nitrogen and oxygen atoms in total. The Kier molecular flexibility index (Phi) is 4.53. The van der Waals surface area contributed by atoms with Gasteiger partial charge < -0.3 is 0 Å². The zero-order chi connectivity index (χ0) is 29.5. The number of hydrogen-bond donors (Lipinski definition) is 0. The van der Waals surface area contributed by atoms with Gasteiger partial charge in [-0.1, -0.05) is 64.1 Å². The Hall–Kier alpha value is -4.70. The molecule has 4 heteroatoms. The zero-order valence-electron chi connectivity index (χ0n) is 25.7. The Bertz CT molecular complexity index is 2380. The van der Waals surface area contributed by atoms with Crippen LogP contribution in [0.2, 0.25) is 0 Å². The number of pyridine rings is 1. The molecule has 0 radical (unpaired) electrons. The molecule has 0 saturated heterocycles. The Morgan fingerprint density at radius 3 is 2.48 bits per heavy atom. The molecule has 3 aromatic heterocycles. The van der Waals surface area contributed by atoms with Gasteiger partial charge in [-0.05, 0) is 101 Å².